The van der Waals surface area contributed by atoms with Crippen LogP contribution in [-0.2, 0) is 31.0 Å². The highest BCUT2D eigenvalue weighted by molar-refractivity contribution is 7.99. The van der Waals surface area contributed by atoms with Crippen molar-refractivity contribution in [1.29, 1.82) is 0 Å². The Bertz CT molecular complexity index is 1540. The first-order valence-electron chi connectivity index (χ1n) is 16.3. The normalized spacial score (nSPS) is 34.0. The minimum absolute atomic E-state index is 0.0363. The zero-order chi connectivity index (χ0) is 31.8. The van der Waals surface area contributed by atoms with E-state index < -0.39 is 9.71 Å². The lowest BCUT2D eigenvalue weighted by atomic mass is 9.68. The number of carbonyl (C=O) groups excluding carboxylic acids is 1. The van der Waals surface area contributed by atoms with E-state index in [-0.39, 0.29) is 35.0 Å². The average molecular weight is 655 g/mol. The second kappa shape index (κ2) is 13.3. The first-order valence-corrected chi connectivity index (χ1v) is 18.6. The zero-order valence-electron chi connectivity index (χ0n) is 26.8. The molecule has 244 valence electrons. The number of fused-ring (bicyclic) bond motifs is 4. The molecule has 4 aliphatic rings. The molecule has 6 rings (SSSR count). The van der Waals surface area contributed by atoms with Crippen molar-refractivity contribution in [2.24, 2.45) is 23.7 Å². The van der Waals surface area contributed by atoms with Crippen LogP contribution in [0.1, 0.15) is 61.0 Å². The Morgan fingerprint density at radius 3 is 2.78 bits per heavy atom. The maximum absolute atomic E-state index is 13.6. The summed E-state index contributed by atoms with van der Waals surface area (Å²) in [6.07, 6.45) is 9.66. The van der Waals surface area contributed by atoms with E-state index in [1.807, 2.05) is 18.2 Å². The lowest BCUT2D eigenvalue weighted by Gasteiger charge is -2.46. The van der Waals surface area contributed by atoms with Gasteiger partial charge in [0, 0.05) is 51.7 Å². The largest absolute Gasteiger partial charge is 0.490 e. The van der Waals surface area contributed by atoms with Crippen LogP contribution >= 0.6 is 11.6 Å². The third-order valence-corrected chi connectivity index (χ3v) is 12.4. The van der Waals surface area contributed by atoms with Crippen LogP contribution in [0.2, 0.25) is 5.02 Å². The molecule has 0 radical (unpaired) electrons. The molecule has 1 fully saturated rings. The summed E-state index contributed by atoms with van der Waals surface area (Å²) in [6.45, 7) is 7.42. The number of halogens is 1. The molecule has 7 nitrogen and oxygen atoms in total. The van der Waals surface area contributed by atoms with Crippen LogP contribution in [0.25, 0.3) is 0 Å². The topological polar surface area (TPSA) is 77.1 Å². The molecule has 2 heterocycles. The Hall–Kier alpha value is -2.52. The van der Waals surface area contributed by atoms with Gasteiger partial charge in [-0.25, -0.2) is 4.21 Å². The van der Waals surface area contributed by atoms with Gasteiger partial charge in [0.2, 0.25) is 0 Å². The van der Waals surface area contributed by atoms with Crippen LogP contribution in [0, 0.1) is 23.7 Å². The highest BCUT2D eigenvalue weighted by atomic mass is 35.5. The number of carbonyl (C=O) groups is 1. The molecular formula is C36H47ClN2O5S. The first kappa shape index (κ1) is 32.4. The van der Waals surface area contributed by atoms with Gasteiger partial charge in [-0.3, -0.25) is 9.52 Å². The minimum Gasteiger partial charge on any atom is -0.490 e. The van der Waals surface area contributed by atoms with E-state index in [1.54, 1.807) is 13.2 Å². The number of benzene rings is 2. The van der Waals surface area contributed by atoms with Crippen LogP contribution in [0.3, 0.4) is 0 Å². The predicted molar refractivity (Wildman–Crippen MR) is 183 cm³/mol. The molecule has 2 aliphatic carbocycles. The van der Waals surface area contributed by atoms with Crippen LogP contribution in [0.5, 0.6) is 5.75 Å². The number of nitrogens with zero attached hydrogens (tertiary/aromatic N) is 1. The molecule has 9 heteroatoms. The van der Waals surface area contributed by atoms with E-state index >= 15 is 0 Å². The molecule has 7 atom stereocenters. The van der Waals surface area contributed by atoms with Gasteiger partial charge >= 0.3 is 0 Å². The molecule has 45 heavy (non-hydrogen) atoms. The maximum Gasteiger partial charge on any atom is 0.262 e. The summed E-state index contributed by atoms with van der Waals surface area (Å²) in [7, 11) is -1.17. The number of allylic oxidation sites excluding steroid dienone is 1. The van der Waals surface area contributed by atoms with Crippen molar-refractivity contribution in [2.75, 3.05) is 50.7 Å². The molecule has 1 saturated carbocycles. The predicted octanol–water partition coefficient (Wildman–Crippen LogP) is 6.07. The van der Waals surface area contributed by atoms with Gasteiger partial charge in [-0.1, -0.05) is 43.7 Å². The fourth-order valence-corrected chi connectivity index (χ4v) is 9.59. The van der Waals surface area contributed by atoms with Gasteiger partial charge in [0.15, 0.2) is 0 Å². The van der Waals surface area contributed by atoms with Crippen molar-refractivity contribution in [2.45, 2.75) is 57.5 Å². The van der Waals surface area contributed by atoms with Crippen molar-refractivity contribution >= 4 is 38.8 Å². The van der Waals surface area contributed by atoms with Crippen LogP contribution in [0.15, 0.2) is 48.6 Å². The molecule has 2 aromatic rings. The van der Waals surface area contributed by atoms with E-state index in [0.717, 1.165) is 61.7 Å². The lowest BCUT2D eigenvalue weighted by Crippen LogP contribution is -2.49. The fraction of sp³-hybridized carbons (Fsp3) is 0.556. The SMILES string of the molecule is C=S1(=O)C[C@H](C)[C@H](C)/C=C/[C@@H](OCCOC)[C@@H]2CC[C@H]2CN2C[C@@]3(CCCc4cc(Cl)ccc43)COc3ccc(cc32)C(=O)N1. The average Bonchev–Trinajstić information content (AvgIpc) is 3.13. The number of nitrogens with one attached hydrogen (secondary N) is 1. The summed E-state index contributed by atoms with van der Waals surface area (Å²) in [5.41, 5.74) is 3.77. The number of methoxy groups -OCH3 is 1. The lowest BCUT2D eigenvalue weighted by molar-refractivity contribution is -0.0311. The summed E-state index contributed by atoms with van der Waals surface area (Å²) < 4.78 is 34.7. The van der Waals surface area contributed by atoms with E-state index in [4.69, 9.17) is 25.8 Å². The molecule has 1 amide bonds. The van der Waals surface area contributed by atoms with E-state index in [1.165, 1.54) is 11.1 Å². The smallest absolute Gasteiger partial charge is 0.262 e. The third kappa shape index (κ3) is 6.95. The summed E-state index contributed by atoms with van der Waals surface area (Å²) in [5, 5.41) is 0.764. The standard InChI is InChI=1S/C36H47ClN2O5S/c1-24-7-13-33(43-17-16-42-3)30-11-8-28(30)20-39-22-36(15-5-6-26-18-29(37)10-12-31(26)36)23-44-34-14-9-27(19-32(34)39)35(40)38-45(4,41)21-25(24)2/h7,9-10,12-14,18-19,24-25,28,30,33H,4-6,8,11,15-17,20-23H2,1-3H3,(H,38,40,41)/b13-7+/t24-,25+,28+,30-,33-,36+,45?/m1/s1. The third-order valence-electron chi connectivity index (χ3n) is 10.6. The monoisotopic (exact) mass is 654 g/mol. The summed E-state index contributed by atoms with van der Waals surface area (Å²) in [5.74, 6) is 5.60. The van der Waals surface area contributed by atoms with E-state index in [9.17, 15) is 9.00 Å². The molecule has 1 spiro atoms. The number of amides is 1. The van der Waals surface area contributed by atoms with Gasteiger partial charge in [0.05, 0.1) is 31.6 Å². The van der Waals surface area contributed by atoms with Crippen molar-refractivity contribution in [3.63, 3.8) is 0 Å². The molecule has 2 aliphatic heterocycles. The molecular weight excluding hydrogens is 608 g/mol. The number of hydrogen-bond acceptors (Lipinski definition) is 6. The number of aryl methyl sites for hydroxylation is 1. The van der Waals surface area contributed by atoms with Gasteiger partial charge in [-0.2, -0.15) is 0 Å². The van der Waals surface area contributed by atoms with Crippen molar-refractivity contribution < 1.29 is 23.2 Å². The summed E-state index contributed by atoms with van der Waals surface area (Å²) in [4.78, 5) is 16.0. The van der Waals surface area contributed by atoms with Gasteiger partial charge in [-0.15, -0.1) is 0 Å². The quantitative estimate of drug-likeness (QED) is 0.245. The van der Waals surface area contributed by atoms with Gasteiger partial charge < -0.3 is 19.1 Å². The Labute approximate surface area is 273 Å². The molecule has 2 bridgehead atoms. The van der Waals surface area contributed by atoms with Gasteiger partial charge in [0.25, 0.3) is 5.91 Å². The fourth-order valence-electron chi connectivity index (χ4n) is 7.70. The van der Waals surface area contributed by atoms with Gasteiger partial charge in [-0.05, 0) is 103 Å². The first-order chi connectivity index (χ1) is 21.6. The van der Waals surface area contributed by atoms with Crippen LogP contribution in [0.4, 0.5) is 5.69 Å². The number of anilines is 1. The zero-order valence-corrected chi connectivity index (χ0v) is 28.3. The van der Waals surface area contributed by atoms with Crippen molar-refractivity contribution in [1.82, 2.24) is 4.72 Å². The summed E-state index contributed by atoms with van der Waals surface area (Å²) >= 11 is 6.44. The van der Waals surface area contributed by atoms with Crippen molar-refractivity contribution in [3.8, 4) is 5.75 Å². The molecule has 0 aromatic heterocycles. The Morgan fingerprint density at radius 2 is 2.00 bits per heavy atom. The second-order valence-electron chi connectivity index (χ2n) is 13.7. The van der Waals surface area contributed by atoms with Crippen molar-refractivity contribution in [3.05, 3.63) is 70.3 Å². The number of rotatable bonds is 4. The Kier molecular flexibility index (Phi) is 9.58. The minimum atomic E-state index is -2.87. The molecule has 1 unspecified atom stereocenters. The Balaban J connectivity index is 1.41. The highest BCUT2D eigenvalue weighted by Crippen LogP contribution is 2.47. The molecule has 2 aromatic carbocycles. The van der Waals surface area contributed by atoms with Gasteiger partial charge in [0.1, 0.15) is 5.75 Å². The maximum atomic E-state index is 13.6. The van der Waals surface area contributed by atoms with Crippen LogP contribution < -0.4 is 14.4 Å². The van der Waals surface area contributed by atoms with E-state index in [2.05, 4.69) is 53.6 Å². The highest BCUT2D eigenvalue weighted by Gasteiger charge is 2.44. The number of hydrogen-bond donors (Lipinski definition) is 1. The molecule has 0 saturated heterocycles. The number of ether oxygens (including phenoxy) is 3. The van der Waals surface area contributed by atoms with E-state index in [0.29, 0.717) is 37.2 Å². The second-order valence-corrected chi connectivity index (χ2v) is 16.3. The Morgan fingerprint density at radius 1 is 1.16 bits per heavy atom. The molecule has 1 N–H and O–H groups in total. The van der Waals surface area contributed by atoms with Crippen LogP contribution in [-0.4, -0.2) is 67.9 Å². The summed E-state index contributed by atoms with van der Waals surface area (Å²) in [6, 6.07) is 11.9.